The fourth-order valence-corrected chi connectivity index (χ4v) is 4.57. The van der Waals surface area contributed by atoms with Gasteiger partial charge in [-0.2, -0.15) is 0 Å². The van der Waals surface area contributed by atoms with E-state index >= 15 is 0 Å². The molecule has 2 aliphatic heterocycles. The molecular formula is C22H26BrFN2O. The predicted octanol–water partition coefficient (Wildman–Crippen LogP) is 4.88. The van der Waals surface area contributed by atoms with Crippen LogP contribution < -0.4 is 9.64 Å². The van der Waals surface area contributed by atoms with Crippen LogP contribution in [0.2, 0.25) is 0 Å². The van der Waals surface area contributed by atoms with E-state index < -0.39 is 0 Å². The van der Waals surface area contributed by atoms with Gasteiger partial charge in [-0.3, -0.25) is 0 Å². The number of halogens is 2. The normalized spacial score (nSPS) is 17.9. The lowest BCUT2D eigenvalue weighted by molar-refractivity contribution is 0.191. The van der Waals surface area contributed by atoms with Gasteiger partial charge in [0.25, 0.3) is 0 Å². The minimum Gasteiger partial charge on any atom is -0.494 e. The number of anilines is 1. The van der Waals surface area contributed by atoms with E-state index in [0.29, 0.717) is 12.6 Å². The third-order valence-corrected chi connectivity index (χ3v) is 6.17. The molecule has 2 aromatic carbocycles. The number of hydrogen-bond donors (Lipinski definition) is 0. The summed E-state index contributed by atoms with van der Waals surface area (Å²) in [5.74, 6) is 0.521. The quantitative estimate of drug-likeness (QED) is 0.604. The van der Waals surface area contributed by atoms with E-state index in [4.69, 9.17) is 4.74 Å². The Morgan fingerprint density at radius 1 is 1.04 bits per heavy atom. The summed E-state index contributed by atoms with van der Waals surface area (Å²) in [5.41, 5.74) is 2.91. The van der Waals surface area contributed by atoms with Crippen LogP contribution in [0.4, 0.5) is 10.1 Å². The van der Waals surface area contributed by atoms with E-state index in [1.807, 2.05) is 0 Å². The van der Waals surface area contributed by atoms with Crippen molar-refractivity contribution in [3.05, 3.63) is 58.3 Å². The highest BCUT2D eigenvalue weighted by Crippen LogP contribution is 2.34. The molecule has 0 saturated carbocycles. The van der Waals surface area contributed by atoms with Gasteiger partial charge in [0, 0.05) is 42.4 Å². The first kappa shape index (κ1) is 18.8. The lowest BCUT2D eigenvalue weighted by atomic mass is 10.0. The van der Waals surface area contributed by atoms with Gasteiger partial charge in [0.05, 0.1) is 6.61 Å². The Hall–Kier alpha value is -1.59. The van der Waals surface area contributed by atoms with E-state index in [-0.39, 0.29) is 5.82 Å². The zero-order chi connectivity index (χ0) is 18.6. The summed E-state index contributed by atoms with van der Waals surface area (Å²) in [6.45, 7) is 5.21. The fraction of sp³-hybridized carbons (Fsp3) is 0.455. The molecule has 0 aromatic heterocycles. The summed E-state index contributed by atoms with van der Waals surface area (Å²) < 4.78 is 19.8. The Morgan fingerprint density at radius 3 is 2.59 bits per heavy atom. The summed E-state index contributed by atoms with van der Waals surface area (Å²) in [4.78, 5) is 5.16. The Bertz CT molecular complexity index is 759. The summed E-state index contributed by atoms with van der Waals surface area (Å²) in [5, 5.41) is 0. The number of piperidine rings is 1. The lowest BCUT2D eigenvalue weighted by Gasteiger charge is -2.38. The molecule has 0 unspecified atom stereocenters. The van der Waals surface area contributed by atoms with Gasteiger partial charge in [0.2, 0.25) is 0 Å². The van der Waals surface area contributed by atoms with Crippen molar-refractivity contribution >= 4 is 21.6 Å². The second-order valence-corrected chi connectivity index (χ2v) is 8.36. The zero-order valence-corrected chi connectivity index (χ0v) is 17.1. The molecule has 27 heavy (non-hydrogen) atoms. The van der Waals surface area contributed by atoms with Gasteiger partial charge in [-0.05, 0) is 67.6 Å². The first-order chi connectivity index (χ1) is 13.2. The van der Waals surface area contributed by atoms with Crippen molar-refractivity contribution in [3.63, 3.8) is 0 Å². The van der Waals surface area contributed by atoms with Crippen LogP contribution in [0.1, 0.15) is 24.8 Å². The number of ether oxygens (including phenoxy) is 1. The Labute approximate surface area is 169 Å². The Morgan fingerprint density at radius 2 is 1.81 bits per heavy atom. The summed E-state index contributed by atoms with van der Waals surface area (Å²) in [6, 6.07) is 13.6. The van der Waals surface area contributed by atoms with Crippen LogP contribution in [-0.4, -0.2) is 43.7 Å². The van der Waals surface area contributed by atoms with Crippen LogP contribution in [0.5, 0.6) is 5.75 Å². The van der Waals surface area contributed by atoms with Gasteiger partial charge < -0.3 is 14.5 Å². The Kier molecular flexibility index (Phi) is 5.98. The van der Waals surface area contributed by atoms with Crippen LogP contribution in [0, 0.1) is 5.82 Å². The van der Waals surface area contributed by atoms with Crippen molar-refractivity contribution in [2.75, 3.05) is 37.7 Å². The number of benzene rings is 2. The van der Waals surface area contributed by atoms with Crippen molar-refractivity contribution in [2.45, 2.75) is 31.7 Å². The molecule has 1 saturated heterocycles. The molecule has 4 rings (SSSR count). The summed E-state index contributed by atoms with van der Waals surface area (Å²) in [6.07, 6.45) is 4.63. The van der Waals surface area contributed by atoms with E-state index in [2.05, 4.69) is 43.9 Å². The minimum atomic E-state index is -0.224. The maximum absolute atomic E-state index is 12.9. The zero-order valence-electron chi connectivity index (χ0n) is 15.5. The molecule has 2 aliphatic rings. The number of hydrogen-bond acceptors (Lipinski definition) is 3. The van der Waals surface area contributed by atoms with Crippen molar-refractivity contribution in [2.24, 2.45) is 0 Å². The predicted molar refractivity (Wildman–Crippen MR) is 111 cm³/mol. The van der Waals surface area contributed by atoms with E-state index in [1.54, 1.807) is 12.1 Å². The maximum atomic E-state index is 12.9. The largest absolute Gasteiger partial charge is 0.494 e. The van der Waals surface area contributed by atoms with E-state index in [9.17, 15) is 4.39 Å². The second-order valence-electron chi connectivity index (χ2n) is 7.45. The van der Waals surface area contributed by atoms with Crippen molar-refractivity contribution in [1.29, 1.82) is 0 Å². The smallest absolute Gasteiger partial charge is 0.123 e. The molecule has 2 aromatic rings. The molecule has 2 heterocycles. The van der Waals surface area contributed by atoms with Crippen molar-refractivity contribution in [3.8, 4) is 5.75 Å². The molecule has 0 atom stereocenters. The highest BCUT2D eigenvalue weighted by atomic mass is 79.9. The third-order valence-electron chi connectivity index (χ3n) is 5.68. The average molecular weight is 433 g/mol. The molecule has 0 aliphatic carbocycles. The molecule has 144 valence electrons. The molecule has 0 radical (unpaired) electrons. The van der Waals surface area contributed by atoms with Gasteiger partial charge in [0.1, 0.15) is 11.6 Å². The number of rotatable bonds is 6. The van der Waals surface area contributed by atoms with Crippen molar-refractivity contribution < 1.29 is 9.13 Å². The number of fused-ring (bicyclic) bond motifs is 1. The number of nitrogens with zero attached hydrogens (tertiary/aromatic N) is 2. The van der Waals surface area contributed by atoms with Gasteiger partial charge in [-0.1, -0.05) is 22.0 Å². The van der Waals surface area contributed by atoms with Gasteiger partial charge in [-0.25, -0.2) is 4.39 Å². The average Bonchev–Trinajstić information content (AvgIpc) is 3.10. The first-order valence-corrected chi connectivity index (χ1v) is 10.6. The second kappa shape index (κ2) is 8.61. The minimum absolute atomic E-state index is 0.224. The SMILES string of the molecule is Fc1ccc(OCCCN2CCC(N3CCc4ccc(Br)cc43)CC2)cc1. The van der Waals surface area contributed by atoms with Crippen LogP contribution in [0.15, 0.2) is 46.9 Å². The molecule has 0 bridgehead atoms. The van der Waals surface area contributed by atoms with Crippen LogP contribution in [0.25, 0.3) is 0 Å². The lowest BCUT2D eigenvalue weighted by Crippen LogP contribution is -2.44. The molecule has 3 nitrogen and oxygen atoms in total. The summed E-state index contributed by atoms with van der Waals surface area (Å²) >= 11 is 3.62. The summed E-state index contributed by atoms with van der Waals surface area (Å²) in [7, 11) is 0. The topological polar surface area (TPSA) is 15.7 Å². The molecular weight excluding hydrogens is 407 g/mol. The van der Waals surface area contributed by atoms with Gasteiger partial charge >= 0.3 is 0 Å². The molecule has 0 amide bonds. The highest BCUT2D eigenvalue weighted by molar-refractivity contribution is 9.10. The van der Waals surface area contributed by atoms with E-state index in [1.165, 1.54) is 47.1 Å². The molecule has 5 heteroatoms. The molecule has 0 spiro atoms. The van der Waals surface area contributed by atoms with Crippen molar-refractivity contribution in [1.82, 2.24) is 4.90 Å². The third kappa shape index (κ3) is 4.64. The van der Waals surface area contributed by atoms with Gasteiger partial charge in [0.15, 0.2) is 0 Å². The molecule has 1 fully saturated rings. The number of likely N-dealkylation sites (tertiary alicyclic amines) is 1. The first-order valence-electron chi connectivity index (χ1n) is 9.85. The monoisotopic (exact) mass is 432 g/mol. The van der Waals surface area contributed by atoms with Crippen LogP contribution in [-0.2, 0) is 6.42 Å². The fourth-order valence-electron chi connectivity index (χ4n) is 4.22. The van der Waals surface area contributed by atoms with Crippen LogP contribution >= 0.6 is 15.9 Å². The Balaban J connectivity index is 1.20. The van der Waals surface area contributed by atoms with Crippen LogP contribution in [0.3, 0.4) is 0 Å². The van der Waals surface area contributed by atoms with E-state index in [0.717, 1.165) is 38.3 Å². The maximum Gasteiger partial charge on any atom is 0.123 e. The standard InChI is InChI=1S/C22H26BrFN2O/c23-18-3-2-17-8-14-26(22(17)16-18)20-9-12-25(13-10-20)11-1-15-27-21-6-4-19(24)5-7-21/h2-7,16,20H,1,8-15H2. The van der Waals surface area contributed by atoms with Gasteiger partial charge in [-0.15, -0.1) is 0 Å². The highest BCUT2D eigenvalue weighted by Gasteiger charge is 2.29. The molecule has 0 N–H and O–H groups in total.